The normalized spacial score (nSPS) is 16.2. The molecule has 0 atom stereocenters. The molecule has 0 aliphatic carbocycles. The molecule has 1 aliphatic rings. The lowest BCUT2D eigenvalue weighted by Crippen LogP contribution is -2.36. The minimum absolute atomic E-state index is 0.0685. The topological polar surface area (TPSA) is 83.7 Å². The number of hydrogen-bond acceptors (Lipinski definition) is 4. The summed E-state index contributed by atoms with van der Waals surface area (Å²) in [5, 5.41) is 20.2. The van der Waals surface area contributed by atoms with E-state index in [9.17, 15) is 20.0 Å². The molecule has 1 aromatic carbocycles. The van der Waals surface area contributed by atoms with Gasteiger partial charge in [-0.3, -0.25) is 10.1 Å². The minimum atomic E-state index is -1.05. The van der Waals surface area contributed by atoms with Gasteiger partial charge in [0.05, 0.1) is 16.2 Å². The van der Waals surface area contributed by atoms with Gasteiger partial charge in [-0.1, -0.05) is 13.8 Å². The number of carboxylic acid groups (broad SMARTS) is 1. The molecular weight excluding hydrogens is 272 g/mol. The molecule has 1 saturated heterocycles. The van der Waals surface area contributed by atoms with Crippen molar-refractivity contribution in [3.05, 3.63) is 33.9 Å². The predicted octanol–water partition coefficient (Wildman–Crippen LogP) is 3.17. The van der Waals surface area contributed by atoms with Crippen molar-refractivity contribution in [1.29, 1.82) is 0 Å². The first-order valence-corrected chi connectivity index (χ1v) is 7.17. The molecule has 114 valence electrons. The van der Waals surface area contributed by atoms with Crippen LogP contribution in [0.15, 0.2) is 18.2 Å². The third-order valence-electron chi connectivity index (χ3n) is 4.25. The van der Waals surface area contributed by atoms with E-state index in [1.54, 1.807) is 0 Å². The van der Waals surface area contributed by atoms with Crippen molar-refractivity contribution in [3.8, 4) is 0 Å². The maximum Gasteiger partial charge on any atom is 0.337 e. The molecule has 0 radical (unpaired) electrons. The summed E-state index contributed by atoms with van der Waals surface area (Å²) in [6.45, 7) is 5.86. The number of piperidine rings is 1. The monoisotopic (exact) mass is 292 g/mol. The van der Waals surface area contributed by atoms with Gasteiger partial charge in [0, 0.05) is 25.2 Å². The maximum absolute atomic E-state index is 11.3. The minimum Gasteiger partial charge on any atom is -0.478 e. The second-order valence-electron chi connectivity index (χ2n) is 5.83. The SMILES string of the molecule is CC(C)C1CCN(c2cc([N+](=O)[O-])ccc2C(=O)O)CC1. The molecular formula is C15H20N2O4. The summed E-state index contributed by atoms with van der Waals surface area (Å²) in [7, 11) is 0. The molecule has 21 heavy (non-hydrogen) atoms. The third-order valence-corrected chi connectivity index (χ3v) is 4.25. The van der Waals surface area contributed by atoms with Crippen molar-refractivity contribution in [2.45, 2.75) is 26.7 Å². The molecule has 0 saturated carbocycles. The average molecular weight is 292 g/mol. The maximum atomic E-state index is 11.3. The Balaban J connectivity index is 2.27. The highest BCUT2D eigenvalue weighted by molar-refractivity contribution is 5.95. The van der Waals surface area contributed by atoms with Crippen LogP contribution in [0.25, 0.3) is 0 Å². The summed E-state index contributed by atoms with van der Waals surface area (Å²) in [5.41, 5.74) is 0.517. The molecule has 0 aromatic heterocycles. The summed E-state index contributed by atoms with van der Waals surface area (Å²) >= 11 is 0. The number of nitro groups is 1. The van der Waals surface area contributed by atoms with E-state index in [4.69, 9.17) is 0 Å². The summed E-state index contributed by atoms with van der Waals surface area (Å²) in [4.78, 5) is 23.7. The van der Waals surface area contributed by atoms with Gasteiger partial charge in [-0.2, -0.15) is 0 Å². The van der Waals surface area contributed by atoms with E-state index < -0.39 is 10.9 Å². The fraction of sp³-hybridized carbons (Fsp3) is 0.533. The van der Waals surface area contributed by atoms with Crippen LogP contribution in [0.4, 0.5) is 11.4 Å². The Hall–Kier alpha value is -2.11. The Morgan fingerprint density at radius 1 is 1.38 bits per heavy atom. The average Bonchev–Trinajstić information content (AvgIpc) is 2.46. The van der Waals surface area contributed by atoms with Crippen LogP contribution in [-0.4, -0.2) is 29.1 Å². The smallest absolute Gasteiger partial charge is 0.337 e. The van der Waals surface area contributed by atoms with E-state index in [0.717, 1.165) is 25.9 Å². The van der Waals surface area contributed by atoms with E-state index in [1.165, 1.54) is 18.2 Å². The van der Waals surface area contributed by atoms with E-state index in [1.807, 2.05) is 4.90 Å². The fourth-order valence-corrected chi connectivity index (χ4v) is 2.88. The number of nitro benzene ring substituents is 1. The lowest BCUT2D eigenvalue weighted by Gasteiger charge is -2.35. The van der Waals surface area contributed by atoms with Crippen LogP contribution in [0.5, 0.6) is 0 Å². The van der Waals surface area contributed by atoms with Gasteiger partial charge in [-0.15, -0.1) is 0 Å². The van der Waals surface area contributed by atoms with Crippen LogP contribution in [0, 0.1) is 22.0 Å². The van der Waals surface area contributed by atoms with Crippen LogP contribution in [-0.2, 0) is 0 Å². The molecule has 1 fully saturated rings. The summed E-state index contributed by atoms with van der Waals surface area (Å²) in [6, 6.07) is 3.94. The molecule has 0 bridgehead atoms. The first-order chi connectivity index (χ1) is 9.90. The number of rotatable bonds is 4. The predicted molar refractivity (Wildman–Crippen MR) is 79.8 cm³/mol. The molecule has 0 spiro atoms. The molecule has 6 heteroatoms. The van der Waals surface area contributed by atoms with Crippen LogP contribution in [0.1, 0.15) is 37.0 Å². The number of hydrogen-bond donors (Lipinski definition) is 1. The molecule has 0 unspecified atom stereocenters. The van der Waals surface area contributed by atoms with E-state index >= 15 is 0 Å². The molecule has 6 nitrogen and oxygen atoms in total. The second-order valence-corrected chi connectivity index (χ2v) is 5.83. The van der Waals surface area contributed by atoms with Gasteiger partial charge in [-0.25, -0.2) is 4.79 Å². The van der Waals surface area contributed by atoms with Crippen LogP contribution in [0.3, 0.4) is 0 Å². The Morgan fingerprint density at radius 2 is 2.00 bits per heavy atom. The van der Waals surface area contributed by atoms with Gasteiger partial charge in [0.1, 0.15) is 0 Å². The first kappa shape index (κ1) is 15.3. The quantitative estimate of drug-likeness (QED) is 0.680. The fourth-order valence-electron chi connectivity index (χ4n) is 2.88. The zero-order chi connectivity index (χ0) is 15.6. The zero-order valence-corrected chi connectivity index (χ0v) is 12.3. The van der Waals surface area contributed by atoms with Crippen LogP contribution < -0.4 is 4.90 Å². The van der Waals surface area contributed by atoms with Crippen LogP contribution >= 0.6 is 0 Å². The number of benzene rings is 1. The largest absolute Gasteiger partial charge is 0.478 e. The standard InChI is InChI=1S/C15H20N2O4/c1-10(2)11-5-7-16(8-6-11)14-9-12(17(20)21)3-4-13(14)15(18)19/h3-4,9-11H,5-8H2,1-2H3,(H,18,19). The molecule has 1 heterocycles. The first-order valence-electron chi connectivity index (χ1n) is 7.17. The van der Waals surface area contributed by atoms with Gasteiger partial charge in [0.15, 0.2) is 0 Å². The molecule has 1 N–H and O–H groups in total. The van der Waals surface area contributed by atoms with Gasteiger partial charge < -0.3 is 10.0 Å². The van der Waals surface area contributed by atoms with Crippen molar-refractivity contribution in [2.24, 2.45) is 11.8 Å². The number of carbonyl (C=O) groups is 1. The zero-order valence-electron chi connectivity index (χ0n) is 12.3. The van der Waals surface area contributed by atoms with Crippen molar-refractivity contribution in [3.63, 3.8) is 0 Å². The Labute approximate surface area is 123 Å². The molecule has 2 rings (SSSR count). The van der Waals surface area contributed by atoms with E-state index in [-0.39, 0.29) is 11.3 Å². The molecule has 0 amide bonds. The highest BCUT2D eigenvalue weighted by Crippen LogP contribution is 2.32. The second kappa shape index (κ2) is 6.11. The number of anilines is 1. The Bertz CT molecular complexity index is 549. The van der Waals surface area contributed by atoms with Crippen molar-refractivity contribution in [1.82, 2.24) is 0 Å². The van der Waals surface area contributed by atoms with Gasteiger partial charge >= 0.3 is 5.97 Å². The number of carboxylic acids is 1. The van der Waals surface area contributed by atoms with E-state index in [0.29, 0.717) is 17.5 Å². The molecule has 1 aromatic rings. The number of nitrogens with zero attached hydrogens (tertiary/aromatic N) is 2. The van der Waals surface area contributed by atoms with E-state index in [2.05, 4.69) is 13.8 Å². The number of aromatic carboxylic acids is 1. The number of non-ortho nitro benzene ring substituents is 1. The highest BCUT2D eigenvalue weighted by Gasteiger charge is 2.25. The van der Waals surface area contributed by atoms with Gasteiger partial charge in [-0.05, 0) is 30.7 Å². The Morgan fingerprint density at radius 3 is 2.48 bits per heavy atom. The van der Waals surface area contributed by atoms with Crippen molar-refractivity contribution < 1.29 is 14.8 Å². The summed E-state index contributed by atoms with van der Waals surface area (Å²) in [6.07, 6.45) is 1.97. The van der Waals surface area contributed by atoms with Crippen LogP contribution in [0.2, 0.25) is 0 Å². The molecule has 1 aliphatic heterocycles. The third kappa shape index (κ3) is 3.32. The van der Waals surface area contributed by atoms with Gasteiger partial charge in [0.2, 0.25) is 0 Å². The lowest BCUT2D eigenvalue weighted by atomic mass is 9.86. The summed E-state index contributed by atoms with van der Waals surface area (Å²) < 4.78 is 0. The highest BCUT2D eigenvalue weighted by atomic mass is 16.6. The Kier molecular flexibility index (Phi) is 4.45. The lowest BCUT2D eigenvalue weighted by molar-refractivity contribution is -0.384. The summed E-state index contributed by atoms with van der Waals surface area (Å²) in [5.74, 6) is 0.190. The van der Waals surface area contributed by atoms with Gasteiger partial charge in [0.25, 0.3) is 5.69 Å². The van der Waals surface area contributed by atoms with Crippen molar-refractivity contribution >= 4 is 17.3 Å². The van der Waals surface area contributed by atoms with Crippen molar-refractivity contribution in [2.75, 3.05) is 18.0 Å².